The molecular formula is C21H16N2O5. The molecule has 3 aromatic carbocycles. The van der Waals surface area contributed by atoms with E-state index in [0.717, 1.165) is 5.56 Å². The Bertz CT molecular complexity index is 1200. The fourth-order valence-electron chi connectivity index (χ4n) is 3.18. The highest BCUT2D eigenvalue weighted by Crippen LogP contribution is 2.38. The predicted molar refractivity (Wildman–Crippen MR) is 105 cm³/mol. The SMILES string of the molecule is COc1ccc(C(=O)NCc2ccccc2)c2c1oc1ccc([N+](=O)[O-])cc12. The predicted octanol–water partition coefficient (Wildman–Crippen LogP) is 4.43. The molecule has 1 amide bonds. The number of non-ortho nitro benzene ring substituents is 1. The van der Waals surface area contributed by atoms with Crippen molar-refractivity contribution in [1.29, 1.82) is 0 Å². The number of hydrogen-bond acceptors (Lipinski definition) is 5. The van der Waals surface area contributed by atoms with Crippen molar-refractivity contribution in [3.8, 4) is 5.75 Å². The highest BCUT2D eigenvalue weighted by molar-refractivity contribution is 6.18. The minimum atomic E-state index is -0.479. The first kappa shape index (κ1) is 17.5. The maximum Gasteiger partial charge on any atom is 0.270 e. The van der Waals surface area contributed by atoms with Crippen molar-refractivity contribution in [2.24, 2.45) is 0 Å². The molecule has 140 valence electrons. The van der Waals surface area contributed by atoms with Crippen LogP contribution in [0.25, 0.3) is 21.9 Å². The second-order valence-electron chi connectivity index (χ2n) is 6.23. The summed E-state index contributed by atoms with van der Waals surface area (Å²) in [6.07, 6.45) is 0. The van der Waals surface area contributed by atoms with E-state index in [9.17, 15) is 14.9 Å². The summed E-state index contributed by atoms with van der Waals surface area (Å²) in [5.74, 6) is 0.152. The number of ether oxygens (including phenoxy) is 1. The summed E-state index contributed by atoms with van der Waals surface area (Å²) in [6.45, 7) is 0.364. The molecule has 4 rings (SSSR count). The van der Waals surface area contributed by atoms with Crippen LogP contribution in [0.2, 0.25) is 0 Å². The van der Waals surface area contributed by atoms with Gasteiger partial charge < -0.3 is 14.5 Å². The van der Waals surface area contributed by atoms with Crippen LogP contribution in [0.5, 0.6) is 5.75 Å². The third-order valence-corrected chi connectivity index (χ3v) is 4.54. The summed E-state index contributed by atoms with van der Waals surface area (Å²) >= 11 is 0. The Morgan fingerprint density at radius 3 is 2.64 bits per heavy atom. The van der Waals surface area contributed by atoms with Gasteiger partial charge in [-0.05, 0) is 23.8 Å². The maximum atomic E-state index is 12.9. The van der Waals surface area contributed by atoms with Crippen molar-refractivity contribution in [1.82, 2.24) is 5.32 Å². The van der Waals surface area contributed by atoms with Crippen LogP contribution in [-0.4, -0.2) is 17.9 Å². The zero-order chi connectivity index (χ0) is 19.7. The number of fused-ring (bicyclic) bond motifs is 3. The lowest BCUT2D eigenvalue weighted by atomic mass is 10.0. The first-order valence-corrected chi connectivity index (χ1v) is 8.58. The molecule has 7 nitrogen and oxygen atoms in total. The van der Waals surface area contributed by atoms with Crippen LogP contribution in [0.1, 0.15) is 15.9 Å². The quantitative estimate of drug-likeness (QED) is 0.411. The molecule has 0 aliphatic carbocycles. The van der Waals surface area contributed by atoms with Crippen molar-refractivity contribution < 1.29 is 18.9 Å². The van der Waals surface area contributed by atoms with Crippen LogP contribution in [0.3, 0.4) is 0 Å². The second kappa shape index (κ2) is 7.03. The lowest BCUT2D eigenvalue weighted by Crippen LogP contribution is -2.22. The van der Waals surface area contributed by atoms with Crippen LogP contribution in [-0.2, 0) is 6.54 Å². The highest BCUT2D eigenvalue weighted by atomic mass is 16.6. The molecule has 4 aromatic rings. The smallest absolute Gasteiger partial charge is 0.270 e. The largest absolute Gasteiger partial charge is 0.493 e. The van der Waals surface area contributed by atoms with Gasteiger partial charge >= 0.3 is 0 Å². The molecule has 0 fully saturated rings. The lowest BCUT2D eigenvalue weighted by molar-refractivity contribution is -0.384. The van der Waals surface area contributed by atoms with E-state index < -0.39 is 4.92 Å². The number of furan rings is 1. The van der Waals surface area contributed by atoms with Gasteiger partial charge in [0.1, 0.15) is 5.58 Å². The van der Waals surface area contributed by atoms with Crippen molar-refractivity contribution in [3.63, 3.8) is 0 Å². The van der Waals surface area contributed by atoms with Gasteiger partial charge in [0.2, 0.25) is 0 Å². The average molecular weight is 376 g/mol. The van der Waals surface area contributed by atoms with Crippen LogP contribution < -0.4 is 10.1 Å². The summed E-state index contributed by atoms with van der Waals surface area (Å²) in [4.78, 5) is 23.6. The molecule has 0 saturated heterocycles. The summed E-state index contributed by atoms with van der Waals surface area (Å²) in [5.41, 5.74) is 2.08. The number of nitro groups is 1. The Hall–Kier alpha value is -3.87. The van der Waals surface area contributed by atoms with E-state index in [1.165, 1.54) is 25.3 Å². The molecule has 0 saturated carbocycles. The van der Waals surface area contributed by atoms with E-state index in [4.69, 9.17) is 9.15 Å². The van der Waals surface area contributed by atoms with Gasteiger partial charge in [0.15, 0.2) is 11.3 Å². The lowest BCUT2D eigenvalue weighted by Gasteiger charge is -2.08. The van der Waals surface area contributed by atoms with Crippen LogP contribution in [0, 0.1) is 10.1 Å². The number of carbonyl (C=O) groups is 1. The van der Waals surface area contributed by atoms with Gasteiger partial charge in [-0.1, -0.05) is 30.3 Å². The standard InChI is InChI=1S/C21H16N2O5/c1-27-18-10-8-15(21(24)22-12-13-5-3-2-4-6-13)19-16-11-14(23(25)26)7-9-17(16)28-20(18)19/h2-11H,12H2,1H3,(H,22,24). The van der Waals surface area contributed by atoms with Crippen LogP contribution >= 0.6 is 0 Å². The van der Waals surface area contributed by atoms with E-state index in [0.29, 0.717) is 39.8 Å². The summed E-state index contributed by atoms with van der Waals surface area (Å²) in [6, 6.07) is 17.1. The molecule has 0 radical (unpaired) electrons. The molecule has 0 aliphatic rings. The van der Waals surface area contributed by atoms with Gasteiger partial charge in [-0.25, -0.2) is 0 Å². The fourth-order valence-corrected chi connectivity index (χ4v) is 3.18. The Balaban J connectivity index is 1.82. The van der Waals surface area contributed by atoms with E-state index >= 15 is 0 Å². The number of nitrogens with one attached hydrogen (secondary N) is 1. The number of amides is 1. The topological polar surface area (TPSA) is 94.6 Å². The molecule has 0 aliphatic heterocycles. The van der Waals surface area contributed by atoms with E-state index in [-0.39, 0.29) is 11.6 Å². The third-order valence-electron chi connectivity index (χ3n) is 4.54. The molecule has 0 atom stereocenters. The maximum absolute atomic E-state index is 12.9. The average Bonchev–Trinajstić information content (AvgIpc) is 3.11. The monoisotopic (exact) mass is 376 g/mol. The van der Waals surface area contributed by atoms with E-state index in [1.54, 1.807) is 12.1 Å². The van der Waals surface area contributed by atoms with Gasteiger partial charge in [0.05, 0.1) is 17.6 Å². The van der Waals surface area contributed by atoms with Crippen molar-refractivity contribution in [2.75, 3.05) is 7.11 Å². The van der Waals surface area contributed by atoms with Crippen molar-refractivity contribution >= 4 is 33.5 Å². The number of benzene rings is 3. The number of rotatable bonds is 5. The summed E-state index contributed by atoms with van der Waals surface area (Å²) in [5, 5.41) is 15.0. The van der Waals surface area contributed by atoms with Gasteiger partial charge in [0, 0.05) is 29.4 Å². The number of hydrogen-bond donors (Lipinski definition) is 1. The minimum absolute atomic E-state index is 0.0753. The van der Waals surface area contributed by atoms with Crippen LogP contribution in [0.15, 0.2) is 65.1 Å². The number of methoxy groups -OCH3 is 1. The fraction of sp³-hybridized carbons (Fsp3) is 0.0952. The zero-order valence-corrected chi connectivity index (χ0v) is 15.0. The van der Waals surface area contributed by atoms with E-state index in [2.05, 4.69) is 5.32 Å². The van der Waals surface area contributed by atoms with Gasteiger partial charge in [-0.2, -0.15) is 0 Å². The summed E-state index contributed by atoms with van der Waals surface area (Å²) in [7, 11) is 1.50. The van der Waals surface area contributed by atoms with Crippen LogP contribution in [0.4, 0.5) is 5.69 Å². The van der Waals surface area contributed by atoms with Crippen molar-refractivity contribution in [2.45, 2.75) is 6.54 Å². The second-order valence-corrected chi connectivity index (χ2v) is 6.23. The molecule has 0 unspecified atom stereocenters. The summed E-state index contributed by atoms with van der Waals surface area (Å²) < 4.78 is 11.2. The normalized spacial score (nSPS) is 10.9. The van der Waals surface area contributed by atoms with Gasteiger partial charge in [-0.3, -0.25) is 14.9 Å². The molecule has 1 N–H and O–H groups in total. The molecular weight excluding hydrogens is 360 g/mol. The number of nitrogens with zero attached hydrogens (tertiary/aromatic N) is 1. The number of nitro benzene ring substituents is 1. The molecule has 28 heavy (non-hydrogen) atoms. The molecule has 0 spiro atoms. The molecule has 0 bridgehead atoms. The third kappa shape index (κ3) is 3.03. The Morgan fingerprint density at radius 1 is 1.14 bits per heavy atom. The molecule has 1 heterocycles. The van der Waals surface area contributed by atoms with E-state index in [1.807, 2.05) is 30.3 Å². The first-order chi connectivity index (χ1) is 13.6. The zero-order valence-electron chi connectivity index (χ0n) is 15.0. The van der Waals surface area contributed by atoms with Gasteiger partial charge in [-0.15, -0.1) is 0 Å². The Kier molecular flexibility index (Phi) is 4.41. The van der Waals surface area contributed by atoms with Gasteiger partial charge in [0.25, 0.3) is 11.6 Å². The minimum Gasteiger partial charge on any atom is -0.493 e. The molecule has 7 heteroatoms. The number of carbonyl (C=O) groups excluding carboxylic acids is 1. The Morgan fingerprint density at radius 2 is 1.93 bits per heavy atom. The van der Waals surface area contributed by atoms with Crippen molar-refractivity contribution in [3.05, 3.63) is 81.9 Å². The highest BCUT2D eigenvalue weighted by Gasteiger charge is 2.21. The Labute approximate surface area is 159 Å². The first-order valence-electron chi connectivity index (χ1n) is 8.58. The molecule has 1 aromatic heterocycles.